The number of aliphatic hydroxyl groups excluding tert-OH is 6. The Hall–Kier alpha value is -7.14. The number of guanidine groups is 1. The molecule has 2 aliphatic heterocycles. The van der Waals surface area contributed by atoms with Crippen LogP contribution in [0.3, 0.4) is 0 Å². The molecule has 2 saturated heterocycles. The highest BCUT2D eigenvalue weighted by Gasteiger charge is 2.45. The fourth-order valence-electron chi connectivity index (χ4n) is 9.88. The van der Waals surface area contributed by atoms with Crippen molar-refractivity contribution in [1.82, 2.24) is 47.4 Å². The SMILES string of the molecule is C/C=C(/NC(=O)C[C@@H](CCCCCCCCCCC)OC1O[C@@H](CO)[C@H](O)[C@@H](O)[C@@H]1O)C(=O)N[C@@H]1C(=O)N[C@H]([C@H](C)O)C(=O)N[C@H](CC(C)C)C(=O)NCC(=O)N[C@H](CCC(N)=O)C(=O)NCC(=O)N(C)[C@@H]([C@H](C)O)C(=O)N[C@@H](CCCN=C(N)N)C(=O)O[C@@H]1C. The van der Waals surface area contributed by atoms with Crippen molar-refractivity contribution in [2.24, 2.45) is 28.1 Å². The number of hydrogen-bond acceptors (Lipinski definition) is 21. The molecule has 2 heterocycles. The molecule has 518 valence electrons. The Kier molecular flexibility index (Phi) is 36.3. The van der Waals surface area contributed by atoms with Gasteiger partial charge in [-0.25, -0.2) is 4.79 Å². The van der Waals surface area contributed by atoms with E-state index in [0.29, 0.717) is 6.42 Å². The molecule has 33 nitrogen and oxygen atoms in total. The first-order valence-electron chi connectivity index (χ1n) is 31.0. The van der Waals surface area contributed by atoms with Gasteiger partial charge in [-0.3, -0.25) is 52.9 Å². The summed E-state index contributed by atoms with van der Waals surface area (Å²) in [6.45, 7) is 7.68. The summed E-state index contributed by atoms with van der Waals surface area (Å²) < 4.78 is 17.4. The predicted octanol–water partition coefficient (Wildman–Crippen LogP) is -4.94. The number of allylic oxidation sites excluding steroid dienone is 1. The molecule has 2 aliphatic rings. The highest BCUT2D eigenvalue weighted by molar-refractivity contribution is 6.01. The Morgan fingerprint density at radius 2 is 1.35 bits per heavy atom. The van der Waals surface area contributed by atoms with Crippen LogP contribution in [0.2, 0.25) is 0 Å². The number of likely N-dealkylation sites (N-methyl/N-ethyl adjacent to an activating group) is 1. The van der Waals surface area contributed by atoms with Crippen LogP contribution in [0.5, 0.6) is 0 Å². The Morgan fingerprint density at radius 1 is 0.747 bits per heavy atom. The van der Waals surface area contributed by atoms with E-state index in [4.69, 9.17) is 31.4 Å². The molecule has 0 aromatic carbocycles. The van der Waals surface area contributed by atoms with Gasteiger partial charge < -0.3 is 109 Å². The van der Waals surface area contributed by atoms with Crippen LogP contribution in [0.25, 0.3) is 0 Å². The monoisotopic (exact) mass is 1300 g/mol. The molecule has 0 spiro atoms. The van der Waals surface area contributed by atoms with E-state index in [0.717, 1.165) is 90.2 Å². The van der Waals surface area contributed by atoms with Crippen molar-refractivity contribution in [2.45, 2.75) is 243 Å². The summed E-state index contributed by atoms with van der Waals surface area (Å²) in [6, 6.07) is -10.5. The Morgan fingerprint density at radius 3 is 1.92 bits per heavy atom. The molecule has 20 N–H and O–H groups in total. The lowest BCUT2D eigenvalue weighted by molar-refractivity contribution is -0.311. The topological polar surface area (TPSA) is 527 Å². The smallest absolute Gasteiger partial charge is 0.328 e. The van der Waals surface area contributed by atoms with Gasteiger partial charge in [0.15, 0.2) is 12.2 Å². The van der Waals surface area contributed by atoms with Gasteiger partial charge in [0.25, 0.3) is 5.91 Å². The molecule has 0 bridgehead atoms. The summed E-state index contributed by atoms with van der Waals surface area (Å²) in [5, 5.41) is 82.6. The van der Waals surface area contributed by atoms with E-state index in [9.17, 15) is 83.4 Å². The maximum absolute atomic E-state index is 14.7. The number of unbranched alkanes of at least 4 members (excludes halogenated alkanes) is 8. The first-order chi connectivity index (χ1) is 42.9. The molecule has 91 heavy (non-hydrogen) atoms. The number of aliphatic hydroxyl groups is 6. The zero-order chi connectivity index (χ0) is 68.7. The number of amides is 10. The van der Waals surface area contributed by atoms with Crippen molar-refractivity contribution < 1.29 is 97.6 Å². The van der Waals surface area contributed by atoms with Crippen LogP contribution in [-0.2, 0) is 67.0 Å². The van der Waals surface area contributed by atoms with E-state index < -0.39 is 195 Å². The van der Waals surface area contributed by atoms with E-state index in [-0.39, 0.29) is 50.5 Å². The second-order valence-electron chi connectivity index (χ2n) is 23.3. The molecule has 2 fully saturated rings. The third-order valence-electron chi connectivity index (χ3n) is 15.0. The molecule has 0 aliphatic carbocycles. The molecule has 0 radical (unpaired) electrons. The quantitative estimate of drug-likeness (QED) is 0.0110. The second-order valence-corrected chi connectivity index (χ2v) is 23.3. The third kappa shape index (κ3) is 28.5. The molecule has 0 saturated carbocycles. The Bertz CT molecular complexity index is 2460. The molecule has 2 rings (SSSR count). The second kappa shape index (κ2) is 41.4. The van der Waals surface area contributed by atoms with E-state index in [1.807, 2.05) is 0 Å². The van der Waals surface area contributed by atoms with Crippen molar-refractivity contribution in [3.63, 3.8) is 0 Å². The molecular weight excluding hydrogens is 1200 g/mol. The number of primary amides is 1. The standard InChI is InChI=1S/C58H101N13O20/c1-9-11-12-13-14-15-16-17-18-20-34(90-57-49(81)48(80)47(79)39(29-72)91-57)26-41(76)65-35(10-2)52(84)70-45-33(7)89-56(88)37(21-19-24-62-58(60)61)67-55(87)46(32(6)74)71(8)43(78)28-64-50(82)36(22-23-40(59)75)66-42(77)27-63-51(83)38(25-30(3)4)68-53(85)44(31(5)73)69-54(45)86/h10,30-34,36-39,44-49,57,72-74,79-81H,9,11-29H2,1-8H3,(H2,59,75)(H,63,83)(H,64,82)(H,65,76)(H,66,77)(H,67,87)(H,68,85)(H,69,86)(H,70,84)(H4,60,61,62)/b35-10+/t31-,32-,33+,34+,36+,37-,38+,39-,44+,45-,46-,47-,48+,49-,57?/m0/s1. The number of cyclic esters (lactones) is 1. The Balaban J connectivity index is 2.73. The summed E-state index contributed by atoms with van der Waals surface area (Å²) in [6.07, 6.45) is -6.44. The van der Waals surface area contributed by atoms with Crippen LogP contribution in [0.1, 0.15) is 151 Å². The van der Waals surface area contributed by atoms with Crippen LogP contribution in [0, 0.1) is 5.92 Å². The maximum Gasteiger partial charge on any atom is 0.328 e. The Labute approximate surface area is 530 Å². The zero-order valence-corrected chi connectivity index (χ0v) is 53.5. The van der Waals surface area contributed by atoms with E-state index in [1.54, 1.807) is 13.8 Å². The number of hydrogen-bond donors (Lipinski definition) is 17. The largest absolute Gasteiger partial charge is 0.458 e. The van der Waals surface area contributed by atoms with E-state index in [1.165, 1.54) is 6.92 Å². The van der Waals surface area contributed by atoms with Gasteiger partial charge >= 0.3 is 5.97 Å². The van der Waals surface area contributed by atoms with Crippen molar-refractivity contribution in [3.05, 3.63) is 11.8 Å². The number of nitrogens with two attached hydrogens (primary N) is 3. The summed E-state index contributed by atoms with van der Waals surface area (Å²) in [4.78, 5) is 156. The number of nitrogens with zero attached hydrogens (tertiary/aromatic N) is 2. The normalized spacial score (nSPS) is 26.8. The van der Waals surface area contributed by atoms with Crippen LogP contribution in [0.15, 0.2) is 16.8 Å². The number of nitrogens with one attached hydrogen (secondary N) is 8. The number of carbonyl (C=O) groups excluding carboxylic acids is 11. The van der Waals surface area contributed by atoms with Crippen LogP contribution in [0.4, 0.5) is 0 Å². The summed E-state index contributed by atoms with van der Waals surface area (Å²) in [7, 11) is 1.09. The fraction of sp³-hybridized carbons (Fsp3) is 0.759. The number of esters is 1. The van der Waals surface area contributed by atoms with Gasteiger partial charge in [-0.1, -0.05) is 84.6 Å². The summed E-state index contributed by atoms with van der Waals surface area (Å²) in [5.74, 6) is -12.4. The molecule has 10 amide bonds. The number of ether oxygens (including phenoxy) is 3. The summed E-state index contributed by atoms with van der Waals surface area (Å²) >= 11 is 0. The van der Waals surface area contributed by atoms with E-state index >= 15 is 0 Å². The van der Waals surface area contributed by atoms with Gasteiger partial charge in [0.2, 0.25) is 53.2 Å². The lowest BCUT2D eigenvalue weighted by Gasteiger charge is -2.40. The van der Waals surface area contributed by atoms with Gasteiger partial charge in [0.05, 0.1) is 44.4 Å². The highest BCUT2D eigenvalue weighted by Crippen LogP contribution is 2.26. The van der Waals surface area contributed by atoms with Crippen LogP contribution >= 0.6 is 0 Å². The zero-order valence-electron chi connectivity index (χ0n) is 53.5. The molecule has 1 unspecified atom stereocenters. The van der Waals surface area contributed by atoms with Crippen LogP contribution < -0.4 is 59.7 Å². The minimum Gasteiger partial charge on any atom is -0.458 e. The lowest BCUT2D eigenvalue weighted by Crippen LogP contribution is -2.62. The van der Waals surface area contributed by atoms with Crippen molar-refractivity contribution in [2.75, 3.05) is 33.3 Å². The van der Waals surface area contributed by atoms with Gasteiger partial charge in [0.1, 0.15) is 72.5 Å². The molecule has 0 aromatic heterocycles. The highest BCUT2D eigenvalue weighted by atomic mass is 16.7. The molecular formula is C58H101N13O20. The van der Waals surface area contributed by atoms with Gasteiger partial charge in [-0.2, -0.15) is 0 Å². The lowest BCUT2D eigenvalue weighted by atomic mass is 9.99. The summed E-state index contributed by atoms with van der Waals surface area (Å²) in [5.41, 5.74) is 15.8. The minimum absolute atomic E-state index is 0.0421. The molecule has 33 heteroatoms. The van der Waals surface area contributed by atoms with Gasteiger partial charge in [0, 0.05) is 20.0 Å². The van der Waals surface area contributed by atoms with Gasteiger partial charge in [-0.05, 0) is 65.7 Å². The first-order valence-corrected chi connectivity index (χ1v) is 31.0. The van der Waals surface area contributed by atoms with Crippen LogP contribution in [-0.4, -0.2) is 231 Å². The van der Waals surface area contributed by atoms with Crippen molar-refractivity contribution in [3.8, 4) is 0 Å². The average Bonchev–Trinajstić information content (AvgIpc) is 0.948. The average molecular weight is 1300 g/mol. The fourth-order valence-corrected chi connectivity index (χ4v) is 9.88. The number of aliphatic imine (C=N–C) groups is 1. The maximum atomic E-state index is 14.7. The van der Waals surface area contributed by atoms with E-state index in [2.05, 4.69) is 54.5 Å². The van der Waals surface area contributed by atoms with Crippen molar-refractivity contribution in [1.29, 1.82) is 0 Å². The predicted molar refractivity (Wildman–Crippen MR) is 326 cm³/mol. The van der Waals surface area contributed by atoms with Gasteiger partial charge in [-0.15, -0.1) is 0 Å². The third-order valence-corrected chi connectivity index (χ3v) is 15.0. The first kappa shape index (κ1) is 80.0. The minimum atomic E-state index is -2.07. The van der Waals surface area contributed by atoms with Crippen molar-refractivity contribution >= 4 is 71.0 Å². The molecule has 15 atom stereocenters. The number of rotatable bonds is 29. The molecule has 0 aromatic rings. The number of carbonyl (C=O) groups is 11.